The van der Waals surface area contributed by atoms with Gasteiger partial charge in [-0.05, 0) is 54.2 Å². The SMILES string of the molecule is CCCSCCCNC(=O)c1ccc2c(c1)NC(=O)C(=Cc1ccccc1)O2. The van der Waals surface area contributed by atoms with Gasteiger partial charge in [0, 0.05) is 12.1 Å². The van der Waals surface area contributed by atoms with Crippen LogP contribution < -0.4 is 15.4 Å². The lowest BCUT2D eigenvalue weighted by Crippen LogP contribution is -2.26. The van der Waals surface area contributed by atoms with E-state index in [2.05, 4.69) is 17.6 Å². The maximum Gasteiger partial charge on any atom is 0.291 e. The van der Waals surface area contributed by atoms with Crippen molar-refractivity contribution in [1.82, 2.24) is 5.32 Å². The molecule has 0 bridgehead atoms. The third kappa shape index (κ3) is 5.39. The molecule has 0 aromatic heterocycles. The molecule has 1 aliphatic rings. The number of carbonyl (C=O) groups excluding carboxylic acids is 2. The Morgan fingerprint density at radius 1 is 1.18 bits per heavy atom. The highest BCUT2D eigenvalue weighted by Crippen LogP contribution is 2.32. The van der Waals surface area contributed by atoms with Gasteiger partial charge in [0.05, 0.1) is 5.69 Å². The molecule has 2 aromatic carbocycles. The monoisotopic (exact) mass is 396 g/mol. The van der Waals surface area contributed by atoms with E-state index in [4.69, 9.17) is 4.74 Å². The molecule has 146 valence electrons. The zero-order valence-electron chi connectivity index (χ0n) is 15.9. The Hall–Kier alpha value is -2.73. The molecule has 0 spiro atoms. The molecule has 3 rings (SSSR count). The van der Waals surface area contributed by atoms with Crippen LogP contribution in [0.25, 0.3) is 6.08 Å². The number of anilines is 1. The van der Waals surface area contributed by atoms with Crippen molar-refractivity contribution in [3.8, 4) is 5.75 Å². The second-order valence-electron chi connectivity index (χ2n) is 6.41. The van der Waals surface area contributed by atoms with Gasteiger partial charge in [0.25, 0.3) is 11.8 Å². The van der Waals surface area contributed by atoms with Crippen molar-refractivity contribution in [2.45, 2.75) is 19.8 Å². The minimum absolute atomic E-state index is 0.150. The van der Waals surface area contributed by atoms with Gasteiger partial charge in [0.1, 0.15) is 0 Å². The van der Waals surface area contributed by atoms with Gasteiger partial charge >= 0.3 is 0 Å². The molecule has 6 heteroatoms. The summed E-state index contributed by atoms with van der Waals surface area (Å²) in [6.45, 7) is 2.80. The topological polar surface area (TPSA) is 67.4 Å². The summed E-state index contributed by atoms with van der Waals surface area (Å²) in [4.78, 5) is 24.7. The van der Waals surface area contributed by atoms with E-state index in [1.165, 1.54) is 6.42 Å². The van der Waals surface area contributed by atoms with Crippen molar-refractivity contribution in [3.63, 3.8) is 0 Å². The summed E-state index contributed by atoms with van der Waals surface area (Å²) in [6.07, 6.45) is 3.80. The number of ether oxygens (including phenoxy) is 1. The van der Waals surface area contributed by atoms with E-state index in [0.29, 0.717) is 23.5 Å². The lowest BCUT2D eigenvalue weighted by atomic mass is 10.1. The number of nitrogens with one attached hydrogen (secondary N) is 2. The summed E-state index contributed by atoms with van der Waals surface area (Å²) >= 11 is 1.90. The Morgan fingerprint density at radius 3 is 2.79 bits per heavy atom. The fourth-order valence-electron chi connectivity index (χ4n) is 2.73. The molecular weight excluding hydrogens is 372 g/mol. The van der Waals surface area contributed by atoms with Gasteiger partial charge in [0.15, 0.2) is 11.5 Å². The summed E-state index contributed by atoms with van der Waals surface area (Å²) in [6, 6.07) is 14.6. The Kier molecular flexibility index (Phi) is 7.14. The predicted molar refractivity (Wildman–Crippen MR) is 115 cm³/mol. The van der Waals surface area contributed by atoms with E-state index in [-0.39, 0.29) is 17.6 Å². The lowest BCUT2D eigenvalue weighted by Gasteiger charge is -2.20. The molecule has 0 atom stereocenters. The van der Waals surface area contributed by atoms with Crippen molar-refractivity contribution in [2.75, 3.05) is 23.4 Å². The van der Waals surface area contributed by atoms with E-state index in [9.17, 15) is 9.59 Å². The highest BCUT2D eigenvalue weighted by atomic mass is 32.2. The van der Waals surface area contributed by atoms with E-state index >= 15 is 0 Å². The number of rotatable bonds is 8. The van der Waals surface area contributed by atoms with Crippen LogP contribution in [0.3, 0.4) is 0 Å². The molecule has 2 aromatic rings. The van der Waals surface area contributed by atoms with Crippen molar-refractivity contribution < 1.29 is 14.3 Å². The minimum Gasteiger partial charge on any atom is -0.449 e. The minimum atomic E-state index is -0.332. The summed E-state index contributed by atoms with van der Waals surface area (Å²) in [5.41, 5.74) is 1.88. The van der Waals surface area contributed by atoms with Crippen molar-refractivity contribution in [2.24, 2.45) is 0 Å². The smallest absolute Gasteiger partial charge is 0.291 e. The second-order valence-corrected chi connectivity index (χ2v) is 7.63. The Balaban J connectivity index is 1.61. The van der Waals surface area contributed by atoms with Crippen LogP contribution in [0.4, 0.5) is 5.69 Å². The molecule has 0 saturated heterocycles. The van der Waals surface area contributed by atoms with Crippen LogP contribution in [0.5, 0.6) is 5.75 Å². The van der Waals surface area contributed by atoms with Gasteiger partial charge in [-0.1, -0.05) is 37.3 Å². The van der Waals surface area contributed by atoms with E-state index < -0.39 is 0 Å². The summed E-state index contributed by atoms with van der Waals surface area (Å²) in [5, 5.41) is 5.72. The van der Waals surface area contributed by atoms with E-state index in [1.54, 1.807) is 24.3 Å². The fraction of sp³-hybridized carbons (Fsp3) is 0.273. The molecule has 2 amide bonds. The Labute approximate surface area is 169 Å². The van der Waals surface area contributed by atoms with E-state index in [0.717, 1.165) is 23.5 Å². The molecule has 0 radical (unpaired) electrons. The van der Waals surface area contributed by atoms with Gasteiger partial charge < -0.3 is 15.4 Å². The number of hydrogen-bond acceptors (Lipinski definition) is 4. The predicted octanol–water partition coefficient (Wildman–Crippen LogP) is 4.32. The van der Waals surface area contributed by atoms with E-state index in [1.807, 2.05) is 42.1 Å². The average Bonchev–Trinajstić information content (AvgIpc) is 2.71. The second kappa shape index (κ2) is 9.99. The number of benzene rings is 2. The van der Waals surface area contributed by atoms with Crippen LogP contribution in [0.15, 0.2) is 54.3 Å². The van der Waals surface area contributed by atoms with Crippen molar-refractivity contribution >= 4 is 35.3 Å². The van der Waals surface area contributed by atoms with Crippen LogP contribution in [-0.4, -0.2) is 29.9 Å². The largest absolute Gasteiger partial charge is 0.449 e. The standard InChI is InChI=1S/C22H24N2O3S/c1-2-12-28-13-6-11-23-21(25)17-9-10-19-18(15-17)24-22(26)20(27-19)14-16-7-4-3-5-8-16/h3-5,7-10,14-15H,2,6,11-13H2,1H3,(H,23,25)(H,24,26). The quantitative estimate of drug-likeness (QED) is 0.515. The zero-order chi connectivity index (χ0) is 19.8. The van der Waals surface area contributed by atoms with Gasteiger partial charge in [-0.3, -0.25) is 9.59 Å². The first kappa shape index (κ1) is 20.0. The van der Waals surface area contributed by atoms with Crippen LogP contribution in [-0.2, 0) is 4.79 Å². The maximum atomic E-state index is 12.3. The lowest BCUT2D eigenvalue weighted by molar-refractivity contribution is -0.115. The number of thioether (sulfide) groups is 1. The zero-order valence-corrected chi connectivity index (χ0v) is 16.7. The molecule has 0 aliphatic carbocycles. The number of hydrogen-bond donors (Lipinski definition) is 2. The third-order valence-electron chi connectivity index (χ3n) is 4.13. The highest BCUT2D eigenvalue weighted by Gasteiger charge is 2.23. The van der Waals surface area contributed by atoms with Crippen molar-refractivity contribution in [3.05, 3.63) is 65.4 Å². The van der Waals surface area contributed by atoms with Gasteiger partial charge in [-0.15, -0.1) is 0 Å². The van der Waals surface area contributed by atoms with Gasteiger partial charge in [-0.2, -0.15) is 11.8 Å². The number of fused-ring (bicyclic) bond motifs is 1. The summed E-state index contributed by atoms with van der Waals surface area (Å²) < 4.78 is 5.73. The molecule has 0 unspecified atom stereocenters. The molecule has 2 N–H and O–H groups in total. The van der Waals surface area contributed by atoms with Crippen LogP contribution in [0, 0.1) is 0 Å². The molecule has 5 nitrogen and oxygen atoms in total. The summed E-state index contributed by atoms with van der Waals surface area (Å²) in [5.74, 6) is 2.46. The highest BCUT2D eigenvalue weighted by molar-refractivity contribution is 7.99. The first-order chi connectivity index (χ1) is 13.7. The van der Waals surface area contributed by atoms with Crippen LogP contribution in [0.2, 0.25) is 0 Å². The third-order valence-corrected chi connectivity index (χ3v) is 5.40. The Morgan fingerprint density at radius 2 is 2.00 bits per heavy atom. The molecule has 0 fully saturated rings. The average molecular weight is 397 g/mol. The summed E-state index contributed by atoms with van der Waals surface area (Å²) in [7, 11) is 0. The first-order valence-electron chi connectivity index (χ1n) is 9.43. The number of amides is 2. The maximum absolute atomic E-state index is 12.3. The Bertz CT molecular complexity index is 865. The molecule has 1 aliphatic heterocycles. The molecule has 1 heterocycles. The van der Waals surface area contributed by atoms with Gasteiger partial charge in [-0.25, -0.2) is 0 Å². The van der Waals surface area contributed by atoms with Crippen LogP contribution >= 0.6 is 11.8 Å². The van der Waals surface area contributed by atoms with Crippen LogP contribution in [0.1, 0.15) is 35.7 Å². The molecule has 0 saturated carbocycles. The molecular formula is C22H24N2O3S. The first-order valence-corrected chi connectivity index (χ1v) is 10.6. The fourth-order valence-corrected chi connectivity index (χ4v) is 3.57. The van der Waals surface area contributed by atoms with Gasteiger partial charge in [0.2, 0.25) is 0 Å². The molecule has 28 heavy (non-hydrogen) atoms. The number of carbonyl (C=O) groups is 2. The normalized spacial score (nSPS) is 14.2. The van der Waals surface area contributed by atoms with Crippen molar-refractivity contribution in [1.29, 1.82) is 0 Å².